The summed E-state index contributed by atoms with van der Waals surface area (Å²) in [7, 11) is 0. The number of nitrogens with zero attached hydrogens (tertiary/aromatic N) is 1. The average molecular weight is 239 g/mol. The monoisotopic (exact) mass is 239 g/mol. The van der Waals surface area contributed by atoms with Crippen LogP contribution in [0.4, 0.5) is 0 Å². The lowest BCUT2D eigenvalue weighted by atomic mass is 9.81. The Bertz CT molecular complexity index is 263. The number of carboxylic acid groups (broad SMARTS) is 1. The van der Waals surface area contributed by atoms with Crippen LogP contribution in [0.1, 0.15) is 58.3 Å². The Balaban J connectivity index is 1.95. The molecule has 17 heavy (non-hydrogen) atoms. The first-order valence-corrected chi connectivity index (χ1v) is 7.20. The molecule has 0 spiro atoms. The van der Waals surface area contributed by atoms with Crippen molar-refractivity contribution in [3.8, 4) is 0 Å². The van der Waals surface area contributed by atoms with E-state index < -0.39 is 5.97 Å². The first kappa shape index (κ1) is 12.9. The lowest BCUT2D eigenvalue weighted by Gasteiger charge is -2.40. The number of hydrogen-bond donors (Lipinski definition) is 1. The molecule has 2 aliphatic rings. The van der Waals surface area contributed by atoms with Gasteiger partial charge in [-0.15, -0.1) is 0 Å². The van der Waals surface area contributed by atoms with Crippen molar-refractivity contribution in [2.75, 3.05) is 6.54 Å². The van der Waals surface area contributed by atoms with Crippen LogP contribution in [0.25, 0.3) is 0 Å². The summed E-state index contributed by atoms with van der Waals surface area (Å²) in [4.78, 5) is 13.3. The minimum Gasteiger partial charge on any atom is -0.481 e. The summed E-state index contributed by atoms with van der Waals surface area (Å²) in [6.07, 6.45) is 9.46. The summed E-state index contributed by atoms with van der Waals surface area (Å²) in [6.45, 7) is 3.05. The second-order valence-corrected chi connectivity index (χ2v) is 5.63. The lowest BCUT2D eigenvalue weighted by molar-refractivity contribution is -0.137. The number of aliphatic carboxylic acids is 1. The number of carboxylic acids is 1. The predicted molar refractivity (Wildman–Crippen MR) is 68.0 cm³/mol. The van der Waals surface area contributed by atoms with E-state index in [1.165, 1.54) is 44.9 Å². The number of hydrogen-bond acceptors (Lipinski definition) is 2. The molecule has 2 atom stereocenters. The topological polar surface area (TPSA) is 40.5 Å². The Kier molecular flexibility index (Phi) is 4.43. The van der Waals surface area contributed by atoms with E-state index >= 15 is 0 Å². The summed E-state index contributed by atoms with van der Waals surface area (Å²) >= 11 is 0. The molecule has 0 saturated heterocycles. The fourth-order valence-corrected chi connectivity index (χ4v) is 3.35. The highest BCUT2D eigenvalue weighted by atomic mass is 16.4. The van der Waals surface area contributed by atoms with Crippen LogP contribution in [0.5, 0.6) is 0 Å². The van der Waals surface area contributed by atoms with Gasteiger partial charge in [-0.1, -0.05) is 26.2 Å². The summed E-state index contributed by atoms with van der Waals surface area (Å²) in [6, 6.07) is 1.37. The maximum absolute atomic E-state index is 10.8. The molecule has 0 amide bonds. The van der Waals surface area contributed by atoms with Gasteiger partial charge in [-0.2, -0.15) is 0 Å². The van der Waals surface area contributed by atoms with Crippen LogP contribution in [0.2, 0.25) is 0 Å². The Morgan fingerprint density at radius 3 is 2.53 bits per heavy atom. The fourth-order valence-electron chi connectivity index (χ4n) is 3.35. The highest BCUT2D eigenvalue weighted by Crippen LogP contribution is 2.37. The van der Waals surface area contributed by atoms with Gasteiger partial charge in [-0.05, 0) is 31.6 Å². The predicted octanol–water partition coefficient (Wildman–Crippen LogP) is 2.89. The lowest BCUT2D eigenvalue weighted by Crippen LogP contribution is -2.44. The van der Waals surface area contributed by atoms with Gasteiger partial charge in [0.15, 0.2) is 0 Å². The summed E-state index contributed by atoms with van der Waals surface area (Å²) in [5.41, 5.74) is 0. The molecule has 2 saturated carbocycles. The molecule has 2 unspecified atom stereocenters. The van der Waals surface area contributed by atoms with Crippen LogP contribution in [0.15, 0.2) is 0 Å². The summed E-state index contributed by atoms with van der Waals surface area (Å²) < 4.78 is 0. The second-order valence-electron chi connectivity index (χ2n) is 5.63. The molecule has 98 valence electrons. The molecule has 0 aromatic rings. The van der Waals surface area contributed by atoms with Crippen molar-refractivity contribution in [1.82, 2.24) is 4.90 Å². The van der Waals surface area contributed by atoms with Crippen molar-refractivity contribution in [3.63, 3.8) is 0 Å². The van der Waals surface area contributed by atoms with E-state index in [2.05, 4.69) is 11.8 Å². The molecule has 0 aromatic carbocycles. The molecule has 2 aliphatic carbocycles. The van der Waals surface area contributed by atoms with Crippen LogP contribution in [0, 0.1) is 5.92 Å². The van der Waals surface area contributed by atoms with Crippen molar-refractivity contribution < 1.29 is 9.90 Å². The Morgan fingerprint density at radius 1 is 1.24 bits per heavy atom. The third-order valence-corrected chi connectivity index (χ3v) is 4.42. The van der Waals surface area contributed by atoms with Crippen LogP contribution in [-0.4, -0.2) is 34.6 Å². The molecular formula is C14H25NO2. The van der Waals surface area contributed by atoms with Crippen molar-refractivity contribution in [3.05, 3.63) is 0 Å². The van der Waals surface area contributed by atoms with E-state index in [0.717, 1.165) is 12.5 Å². The zero-order valence-electron chi connectivity index (χ0n) is 10.9. The van der Waals surface area contributed by atoms with E-state index in [0.29, 0.717) is 18.5 Å². The van der Waals surface area contributed by atoms with Crippen molar-refractivity contribution >= 4 is 5.97 Å². The van der Waals surface area contributed by atoms with Crippen molar-refractivity contribution in [2.24, 2.45) is 5.92 Å². The van der Waals surface area contributed by atoms with Gasteiger partial charge in [-0.25, -0.2) is 0 Å². The zero-order chi connectivity index (χ0) is 12.3. The molecule has 2 fully saturated rings. The average Bonchev–Trinajstić information content (AvgIpc) is 3.14. The van der Waals surface area contributed by atoms with Gasteiger partial charge in [0.05, 0.1) is 6.42 Å². The smallest absolute Gasteiger partial charge is 0.304 e. The van der Waals surface area contributed by atoms with Gasteiger partial charge >= 0.3 is 5.97 Å². The Labute approximate surface area is 104 Å². The zero-order valence-corrected chi connectivity index (χ0v) is 10.9. The molecular weight excluding hydrogens is 214 g/mol. The van der Waals surface area contributed by atoms with E-state index in [1.807, 2.05) is 0 Å². The highest BCUT2D eigenvalue weighted by molar-refractivity contribution is 5.66. The SMILES string of the molecule is CCC1CCCCC1N(CCC(=O)O)C1CC1. The minimum atomic E-state index is -0.653. The van der Waals surface area contributed by atoms with Crippen LogP contribution in [0.3, 0.4) is 0 Å². The molecule has 3 heteroatoms. The largest absolute Gasteiger partial charge is 0.481 e. The molecule has 0 heterocycles. The van der Waals surface area contributed by atoms with Gasteiger partial charge in [-0.3, -0.25) is 9.69 Å². The van der Waals surface area contributed by atoms with Gasteiger partial charge in [0.2, 0.25) is 0 Å². The summed E-state index contributed by atoms with van der Waals surface area (Å²) in [5.74, 6) is 0.151. The van der Waals surface area contributed by atoms with E-state index in [1.54, 1.807) is 0 Å². The molecule has 0 bridgehead atoms. The van der Waals surface area contributed by atoms with Crippen molar-refractivity contribution in [1.29, 1.82) is 0 Å². The van der Waals surface area contributed by atoms with Crippen LogP contribution < -0.4 is 0 Å². The molecule has 0 aliphatic heterocycles. The summed E-state index contributed by atoms with van der Waals surface area (Å²) in [5, 5.41) is 8.86. The van der Waals surface area contributed by atoms with Crippen LogP contribution >= 0.6 is 0 Å². The number of carbonyl (C=O) groups is 1. The molecule has 3 nitrogen and oxygen atoms in total. The molecule has 0 radical (unpaired) electrons. The maximum Gasteiger partial charge on any atom is 0.304 e. The Morgan fingerprint density at radius 2 is 1.94 bits per heavy atom. The first-order valence-electron chi connectivity index (χ1n) is 7.20. The van der Waals surface area contributed by atoms with Gasteiger partial charge in [0, 0.05) is 18.6 Å². The van der Waals surface area contributed by atoms with E-state index in [9.17, 15) is 4.79 Å². The molecule has 1 N–H and O–H groups in total. The maximum atomic E-state index is 10.8. The van der Waals surface area contributed by atoms with Gasteiger partial charge in [0.1, 0.15) is 0 Å². The quantitative estimate of drug-likeness (QED) is 0.774. The van der Waals surface area contributed by atoms with E-state index in [4.69, 9.17) is 5.11 Å². The third kappa shape index (κ3) is 3.44. The normalized spacial score (nSPS) is 29.5. The minimum absolute atomic E-state index is 0.309. The standard InChI is InChI=1S/C14H25NO2/c1-2-11-5-3-4-6-13(11)15(12-7-8-12)10-9-14(16)17/h11-13H,2-10H2,1H3,(H,16,17). The first-order chi connectivity index (χ1) is 8.22. The highest BCUT2D eigenvalue weighted by Gasteiger charge is 2.37. The fraction of sp³-hybridized carbons (Fsp3) is 0.929. The van der Waals surface area contributed by atoms with E-state index in [-0.39, 0.29) is 0 Å². The Hall–Kier alpha value is -0.570. The van der Waals surface area contributed by atoms with Gasteiger partial charge in [0.25, 0.3) is 0 Å². The van der Waals surface area contributed by atoms with Crippen molar-refractivity contribution in [2.45, 2.75) is 70.4 Å². The third-order valence-electron chi connectivity index (χ3n) is 4.42. The molecule has 2 rings (SSSR count). The van der Waals surface area contributed by atoms with Crippen LogP contribution in [-0.2, 0) is 4.79 Å². The van der Waals surface area contributed by atoms with Gasteiger partial charge < -0.3 is 5.11 Å². The molecule has 0 aromatic heterocycles. The second kappa shape index (κ2) is 5.85. The number of rotatable bonds is 6.